The maximum absolute atomic E-state index is 5.62. The van der Waals surface area contributed by atoms with E-state index in [2.05, 4.69) is 51.2 Å². The van der Waals surface area contributed by atoms with Crippen LogP contribution in [0.2, 0.25) is 0 Å². The zero-order valence-electron chi connectivity index (χ0n) is 9.24. The van der Waals surface area contributed by atoms with E-state index in [1.54, 1.807) is 0 Å². The highest BCUT2D eigenvalue weighted by atomic mass is 79.9. The molecule has 0 bridgehead atoms. The van der Waals surface area contributed by atoms with Crippen molar-refractivity contribution in [1.29, 1.82) is 0 Å². The summed E-state index contributed by atoms with van der Waals surface area (Å²) in [4.78, 5) is 3.40. The molecule has 86 valence electrons. The van der Waals surface area contributed by atoms with Gasteiger partial charge in [-0.3, -0.25) is 0 Å². The number of hydrogen-bond donors (Lipinski definition) is 1. The van der Waals surface area contributed by atoms with Crippen LogP contribution >= 0.6 is 15.9 Å². The fourth-order valence-electron chi connectivity index (χ4n) is 2.07. The average molecular weight is 290 g/mol. The van der Waals surface area contributed by atoms with Crippen molar-refractivity contribution in [2.45, 2.75) is 0 Å². The second kappa shape index (κ2) is 4.41. The molecule has 3 rings (SSSR count). The number of para-hydroxylation sites is 1. The molecule has 0 saturated carbocycles. The first-order valence-electron chi connectivity index (χ1n) is 5.58. The highest BCUT2D eigenvalue weighted by Crippen LogP contribution is 2.28. The van der Waals surface area contributed by atoms with Crippen molar-refractivity contribution < 1.29 is 4.74 Å². The number of hydrogen-bond acceptors (Lipinski definition) is 1. The Kier molecular flexibility index (Phi) is 2.77. The van der Waals surface area contributed by atoms with E-state index >= 15 is 0 Å². The minimum atomic E-state index is 0.688. The first kappa shape index (κ1) is 10.7. The second-order valence-electron chi connectivity index (χ2n) is 3.92. The van der Waals surface area contributed by atoms with Gasteiger partial charge in [0, 0.05) is 27.1 Å². The van der Waals surface area contributed by atoms with Crippen LogP contribution in [0.25, 0.3) is 21.8 Å². The van der Waals surface area contributed by atoms with Crippen LogP contribution in [-0.4, -0.2) is 16.9 Å². The molecule has 17 heavy (non-hydrogen) atoms. The lowest BCUT2D eigenvalue weighted by Gasteiger charge is -2.03. The number of fused-ring (bicyclic) bond motifs is 3. The van der Waals surface area contributed by atoms with Crippen molar-refractivity contribution in [3.05, 3.63) is 42.5 Å². The van der Waals surface area contributed by atoms with Crippen LogP contribution in [0.3, 0.4) is 0 Å². The first-order chi connectivity index (χ1) is 8.38. The number of ether oxygens (including phenoxy) is 1. The van der Waals surface area contributed by atoms with Crippen molar-refractivity contribution in [2.24, 2.45) is 0 Å². The molecular weight excluding hydrogens is 278 g/mol. The highest BCUT2D eigenvalue weighted by molar-refractivity contribution is 9.09. The van der Waals surface area contributed by atoms with Crippen LogP contribution in [0.15, 0.2) is 42.5 Å². The molecule has 0 unspecified atom stereocenters. The van der Waals surface area contributed by atoms with E-state index < -0.39 is 0 Å². The summed E-state index contributed by atoms with van der Waals surface area (Å²) >= 11 is 3.36. The molecule has 0 saturated heterocycles. The highest BCUT2D eigenvalue weighted by Gasteiger charge is 2.04. The summed E-state index contributed by atoms with van der Waals surface area (Å²) in [6, 6.07) is 14.5. The topological polar surface area (TPSA) is 25.0 Å². The third-order valence-electron chi connectivity index (χ3n) is 2.82. The average Bonchev–Trinajstić information content (AvgIpc) is 2.74. The molecule has 2 aromatic carbocycles. The molecule has 1 aromatic heterocycles. The monoisotopic (exact) mass is 289 g/mol. The van der Waals surface area contributed by atoms with Gasteiger partial charge in [0.15, 0.2) is 0 Å². The molecule has 0 fully saturated rings. The summed E-state index contributed by atoms with van der Waals surface area (Å²) in [5.74, 6) is 0.918. The van der Waals surface area contributed by atoms with Gasteiger partial charge in [0.2, 0.25) is 0 Å². The lowest BCUT2D eigenvalue weighted by Crippen LogP contribution is -1.96. The van der Waals surface area contributed by atoms with Crippen molar-refractivity contribution in [2.75, 3.05) is 11.9 Å². The fourth-order valence-corrected chi connectivity index (χ4v) is 2.24. The van der Waals surface area contributed by atoms with Gasteiger partial charge in [0.25, 0.3) is 0 Å². The van der Waals surface area contributed by atoms with Crippen molar-refractivity contribution >= 4 is 37.7 Å². The van der Waals surface area contributed by atoms with Crippen LogP contribution in [-0.2, 0) is 0 Å². The Balaban J connectivity index is 2.16. The van der Waals surface area contributed by atoms with Gasteiger partial charge in [-0.1, -0.05) is 34.1 Å². The van der Waals surface area contributed by atoms with E-state index in [4.69, 9.17) is 4.74 Å². The SMILES string of the molecule is BrCCOc1ccc2[nH]c3ccccc3c2c1. The minimum absolute atomic E-state index is 0.688. The third-order valence-corrected chi connectivity index (χ3v) is 3.15. The fraction of sp³-hybridized carbons (Fsp3) is 0.143. The Morgan fingerprint density at radius 3 is 2.71 bits per heavy atom. The molecule has 0 amide bonds. The molecule has 3 heteroatoms. The Labute approximate surface area is 108 Å². The quantitative estimate of drug-likeness (QED) is 0.722. The van der Waals surface area contributed by atoms with Crippen LogP contribution in [0, 0.1) is 0 Å². The summed E-state index contributed by atoms with van der Waals surface area (Å²) in [6.07, 6.45) is 0. The van der Waals surface area contributed by atoms with E-state index in [0.717, 1.165) is 16.6 Å². The van der Waals surface area contributed by atoms with Gasteiger partial charge in [-0.05, 0) is 24.3 Å². The van der Waals surface area contributed by atoms with E-state index in [1.807, 2.05) is 12.1 Å². The normalized spacial score (nSPS) is 11.1. The van der Waals surface area contributed by atoms with Crippen LogP contribution in [0.5, 0.6) is 5.75 Å². The minimum Gasteiger partial charge on any atom is -0.493 e. The van der Waals surface area contributed by atoms with Gasteiger partial charge >= 0.3 is 0 Å². The first-order valence-corrected chi connectivity index (χ1v) is 6.70. The molecule has 0 aliphatic carbocycles. The Bertz CT molecular complexity index is 659. The predicted molar refractivity (Wildman–Crippen MR) is 75.1 cm³/mol. The second-order valence-corrected chi connectivity index (χ2v) is 4.71. The number of nitrogens with one attached hydrogen (secondary N) is 1. The van der Waals surface area contributed by atoms with E-state index in [9.17, 15) is 0 Å². The summed E-state index contributed by atoms with van der Waals surface area (Å²) < 4.78 is 5.62. The lowest BCUT2D eigenvalue weighted by molar-refractivity contribution is 0.345. The largest absolute Gasteiger partial charge is 0.493 e. The summed E-state index contributed by atoms with van der Waals surface area (Å²) in [5, 5.41) is 3.30. The van der Waals surface area contributed by atoms with Crippen molar-refractivity contribution in [3.63, 3.8) is 0 Å². The van der Waals surface area contributed by atoms with Crippen LogP contribution in [0.4, 0.5) is 0 Å². The Morgan fingerprint density at radius 2 is 1.82 bits per heavy atom. The number of halogens is 1. The molecular formula is C14H12BrNO. The summed E-state index contributed by atoms with van der Waals surface area (Å²) in [5.41, 5.74) is 2.32. The van der Waals surface area contributed by atoms with Crippen molar-refractivity contribution in [3.8, 4) is 5.75 Å². The number of H-pyrrole nitrogens is 1. The molecule has 3 aromatic rings. The van der Waals surface area contributed by atoms with E-state index in [1.165, 1.54) is 16.3 Å². The maximum atomic E-state index is 5.62. The smallest absolute Gasteiger partial charge is 0.120 e. The molecule has 1 heterocycles. The van der Waals surface area contributed by atoms with Gasteiger partial charge < -0.3 is 9.72 Å². The summed E-state index contributed by atoms with van der Waals surface area (Å²) in [6.45, 7) is 0.688. The van der Waals surface area contributed by atoms with Crippen molar-refractivity contribution in [1.82, 2.24) is 4.98 Å². The Morgan fingerprint density at radius 1 is 1.00 bits per heavy atom. The number of rotatable bonds is 3. The molecule has 0 atom stereocenters. The zero-order chi connectivity index (χ0) is 11.7. The van der Waals surface area contributed by atoms with Gasteiger partial charge in [-0.2, -0.15) is 0 Å². The third kappa shape index (κ3) is 1.91. The van der Waals surface area contributed by atoms with E-state index in [-0.39, 0.29) is 0 Å². The molecule has 2 nitrogen and oxygen atoms in total. The van der Waals surface area contributed by atoms with Crippen LogP contribution in [0.1, 0.15) is 0 Å². The predicted octanol–water partition coefficient (Wildman–Crippen LogP) is 4.09. The molecule has 0 radical (unpaired) electrons. The number of aromatic nitrogens is 1. The lowest BCUT2D eigenvalue weighted by atomic mass is 10.1. The Hall–Kier alpha value is -1.48. The maximum Gasteiger partial charge on any atom is 0.120 e. The van der Waals surface area contributed by atoms with Gasteiger partial charge in [0.05, 0.1) is 6.61 Å². The number of benzene rings is 2. The van der Waals surface area contributed by atoms with Gasteiger partial charge in [0.1, 0.15) is 5.75 Å². The molecule has 1 N–H and O–H groups in total. The van der Waals surface area contributed by atoms with Crippen LogP contribution < -0.4 is 4.74 Å². The zero-order valence-corrected chi connectivity index (χ0v) is 10.8. The molecule has 0 aliphatic rings. The number of alkyl halides is 1. The summed E-state index contributed by atoms with van der Waals surface area (Å²) in [7, 11) is 0. The number of aromatic amines is 1. The van der Waals surface area contributed by atoms with Gasteiger partial charge in [-0.15, -0.1) is 0 Å². The standard InChI is InChI=1S/C14H12BrNO/c15-7-8-17-10-5-6-14-12(9-10)11-3-1-2-4-13(11)16-14/h1-6,9,16H,7-8H2. The van der Waals surface area contributed by atoms with Gasteiger partial charge in [-0.25, -0.2) is 0 Å². The molecule has 0 spiro atoms. The van der Waals surface area contributed by atoms with E-state index in [0.29, 0.717) is 6.61 Å². The molecule has 0 aliphatic heterocycles.